The van der Waals surface area contributed by atoms with Crippen molar-refractivity contribution in [3.8, 4) is 12.3 Å². The molecule has 0 N–H and O–H groups in total. The van der Waals surface area contributed by atoms with Gasteiger partial charge in [-0.3, -0.25) is 0 Å². The molecule has 3 heteroatoms. The molecule has 0 amide bonds. The number of allylic oxidation sites excluding steroid dienone is 4. The van der Waals surface area contributed by atoms with Gasteiger partial charge in [-0.05, 0) is 37.8 Å². The second kappa shape index (κ2) is 7.30. The molecule has 2 atom stereocenters. The van der Waals surface area contributed by atoms with E-state index in [0.717, 1.165) is 5.57 Å². The topological polar surface area (TPSA) is 34.1 Å². The van der Waals surface area contributed by atoms with Crippen LogP contribution in [-0.4, -0.2) is 13.7 Å². The number of hydrogen-bond donors (Lipinski definition) is 1. The van der Waals surface area contributed by atoms with Crippen LogP contribution in [0.2, 0.25) is 0 Å². The number of hydrogen-bond acceptors (Lipinski definition) is 2. The summed E-state index contributed by atoms with van der Waals surface area (Å²) in [6.07, 6.45) is 11.3. The van der Waals surface area contributed by atoms with Gasteiger partial charge in [0.15, 0.2) is 0 Å². The predicted molar refractivity (Wildman–Crippen MR) is 65.3 cm³/mol. The summed E-state index contributed by atoms with van der Waals surface area (Å²) in [6.45, 7) is 5.61. The molecule has 2 unspecified atom stereocenters. The maximum atomic E-state index is 10.7. The van der Waals surface area contributed by atoms with Crippen LogP contribution in [0.3, 0.4) is 0 Å². The molecule has 2 nitrogen and oxygen atoms in total. The molecule has 0 saturated carbocycles. The molecule has 0 aromatic heterocycles. The summed E-state index contributed by atoms with van der Waals surface area (Å²) in [5.74, 6) is 2.64. The summed E-state index contributed by atoms with van der Waals surface area (Å²) in [5, 5.41) is -0.304. The van der Waals surface area contributed by atoms with Crippen LogP contribution in [0.15, 0.2) is 23.8 Å². The first kappa shape index (κ1) is 14.0. The van der Waals surface area contributed by atoms with Gasteiger partial charge in [-0.2, -0.15) is 0 Å². The first-order valence-corrected chi connectivity index (χ1v) is 6.20. The molecule has 0 rings (SSSR count). The highest BCUT2D eigenvalue weighted by Crippen LogP contribution is 2.18. The van der Waals surface area contributed by atoms with Gasteiger partial charge in [0.05, 0.1) is 5.25 Å². The van der Waals surface area contributed by atoms with Gasteiger partial charge >= 0.3 is 0 Å². The molecule has 0 aromatic rings. The summed E-state index contributed by atoms with van der Waals surface area (Å²) < 4.78 is 21.5. The fraction of sp³-hybridized carbons (Fsp3) is 0.500. The van der Waals surface area contributed by atoms with E-state index in [2.05, 4.69) is 5.92 Å². The number of thiol groups is 1. The summed E-state index contributed by atoms with van der Waals surface area (Å²) in [5.41, 5.74) is 1.00. The third-order valence-electron chi connectivity index (χ3n) is 2.23. The van der Waals surface area contributed by atoms with E-state index < -0.39 is 10.7 Å². The van der Waals surface area contributed by atoms with Gasteiger partial charge < -0.3 is 0 Å². The van der Waals surface area contributed by atoms with Crippen molar-refractivity contribution in [1.82, 2.24) is 0 Å². The summed E-state index contributed by atoms with van der Waals surface area (Å²) in [6, 6.07) is 0. The van der Waals surface area contributed by atoms with Crippen molar-refractivity contribution >= 4 is 10.7 Å². The summed E-state index contributed by atoms with van der Waals surface area (Å²) >= 11 is 0. The molecular weight excluding hydrogens is 208 g/mol. The Hall–Kier alpha value is -1.01. The lowest BCUT2D eigenvalue weighted by Crippen LogP contribution is -2.11. The minimum Gasteiger partial charge on any atom is -0.232 e. The summed E-state index contributed by atoms with van der Waals surface area (Å²) in [4.78, 5) is 0. The average Bonchev–Trinajstić information content (AvgIpc) is 2.17. The standard InChI is InChI=1S/C12H18O2S/c1-5-7-12(8-6-2)10(3)9-11(4)15(13)14/h1,6-8,10-11,15H,9H2,2-4H3/b8-6-,12-7+. The summed E-state index contributed by atoms with van der Waals surface area (Å²) in [7, 11) is -2.34. The SMILES string of the molecule is C#C/C=C(\C=C/C)C(C)CC(C)[SH](=O)=O. The smallest absolute Gasteiger partial charge is 0.142 e. The van der Waals surface area contributed by atoms with E-state index in [1.165, 1.54) is 0 Å². The first-order chi connectivity index (χ1) is 7.02. The van der Waals surface area contributed by atoms with E-state index in [1.54, 1.807) is 13.0 Å². The van der Waals surface area contributed by atoms with Crippen LogP contribution < -0.4 is 0 Å². The van der Waals surface area contributed by atoms with Crippen LogP contribution in [0, 0.1) is 18.3 Å². The van der Waals surface area contributed by atoms with Crippen molar-refractivity contribution < 1.29 is 8.42 Å². The quantitative estimate of drug-likeness (QED) is 0.443. The normalized spacial score (nSPS) is 16.6. The maximum absolute atomic E-state index is 10.7. The molecule has 15 heavy (non-hydrogen) atoms. The van der Waals surface area contributed by atoms with E-state index in [4.69, 9.17) is 6.42 Å². The Morgan fingerprint density at radius 1 is 1.47 bits per heavy atom. The first-order valence-electron chi connectivity index (χ1n) is 4.95. The van der Waals surface area contributed by atoms with Crippen molar-refractivity contribution in [2.45, 2.75) is 32.4 Å². The molecule has 0 radical (unpaired) electrons. The van der Waals surface area contributed by atoms with Crippen molar-refractivity contribution in [2.24, 2.45) is 5.92 Å². The molecule has 0 aliphatic heterocycles. The van der Waals surface area contributed by atoms with Crippen molar-refractivity contribution in [3.63, 3.8) is 0 Å². The minimum absolute atomic E-state index is 0.167. The molecule has 0 aliphatic carbocycles. The lowest BCUT2D eigenvalue weighted by molar-refractivity contribution is 0.568. The Kier molecular flexibility index (Phi) is 6.81. The number of terminal acetylenes is 1. The Labute approximate surface area is 94.0 Å². The lowest BCUT2D eigenvalue weighted by atomic mass is 9.95. The van der Waals surface area contributed by atoms with Gasteiger partial charge in [-0.15, -0.1) is 6.42 Å². The Balaban J connectivity index is 4.61. The van der Waals surface area contributed by atoms with Crippen LogP contribution in [-0.2, 0) is 10.7 Å². The Bertz CT molecular complexity index is 348. The monoisotopic (exact) mass is 226 g/mol. The fourth-order valence-electron chi connectivity index (χ4n) is 1.38. The molecule has 0 aliphatic rings. The fourth-order valence-corrected chi connectivity index (χ4v) is 1.87. The van der Waals surface area contributed by atoms with Crippen LogP contribution in [0.1, 0.15) is 27.2 Å². The van der Waals surface area contributed by atoms with E-state index in [9.17, 15) is 8.42 Å². The van der Waals surface area contributed by atoms with Gasteiger partial charge in [0.25, 0.3) is 0 Å². The molecule has 0 fully saturated rings. The van der Waals surface area contributed by atoms with Gasteiger partial charge in [-0.25, -0.2) is 8.42 Å². The highest BCUT2D eigenvalue weighted by atomic mass is 32.2. The van der Waals surface area contributed by atoms with Crippen LogP contribution in [0.25, 0.3) is 0 Å². The van der Waals surface area contributed by atoms with Crippen LogP contribution in [0.4, 0.5) is 0 Å². The van der Waals surface area contributed by atoms with Gasteiger partial charge in [0.2, 0.25) is 0 Å². The molecule has 84 valence electrons. The molecule has 0 aromatic carbocycles. The van der Waals surface area contributed by atoms with Crippen molar-refractivity contribution in [2.75, 3.05) is 0 Å². The van der Waals surface area contributed by atoms with Crippen molar-refractivity contribution in [3.05, 3.63) is 23.8 Å². The molecule has 0 saturated heterocycles. The van der Waals surface area contributed by atoms with E-state index in [1.807, 2.05) is 26.0 Å². The maximum Gasteiger partial charge on any atom is 0.142 e. The molecule has 0 spiro atoms. The van der Waals surface area contributed by atoms with E-state index in [-0.39, 0.29) is 11.2 Å². The molecule has 0 bridgehead atoms. The average molecular weight is 226 g/mol. The van der Waals surface area contributed by atoms with E-state index in [0.29, 0.717) is 6.42 Å². The van der Waals surface area contributed by atoms with Gasteiger partial charge in [0.1, 0.15) is 10.7 Å². The third kappa shape index (κ3) is 5.44. The third-order valence-corrected chi connectivity index (χ3v) is 3.16. The second-order valence-electron chi connectivity index (χ2n) is 3.58. The Morgan fingerprint density at radius 3 is 2.47 bits per heavy atom. The van der Waals surface area contributed by atoms with Crippen molar-refractivity contribution in [1.29, 1.82) is 0 Å². The highest BCUT2D eigenvalue weighted by Gasteiger charge is 2.12. The van der Waals surface area contributed by atoms with E-state index >= 15 is 0 Å². The number of rotatable bonds is 5. The minimum atomic E-state index is -2.34. The van der Waals surface area contributed by atoms with Gasteiger partial charge in [0, 0.05) is 0 Å². The largest absolute Gasteiger partial charge is 0.232 e. The highest BCUT2D eigenvalue weighted by molar-refractivity contribution is 7.73. The lowest BCUT2D eigenvalue weighted by Gasteiger charge is -2.13. The second-order valence-corrected chi connectivity index (χ2v) is 5.03. The zero-order valence-electron chi connectivity index (χ0n) is 9.43. The Morgan fingerprint density at radius 2 is 2.07 bits per heavy atom. The zero-order valence-corrected chi connectivity index (χ0v) is 10.3. The molecule has 0 heterocycles. The van der Waals surface area contributed by atoms with Gasteiger partial charge in [-0.1, -0.05) is 25.0 Å². The zero-order chi connectivity index (χ0) is 11.8. The van der Waals surface area contributed by atoms with Crippen LogP contribution in [0.5, 0.6) is 0 Å². The molecular formula is C12H18O2S. The van der Waals surface area contributed by atoms with Crippen LogP contribution >= 0.6 is 0 Å². The predicted octanol–water partition coefficient (Wildman–Crippen LogP) is 2.15.